The molecule has 0 unspecified atom stereocenters. The van der Waals surface area contributed by atoms with Crippen LogP contribution in [-0.2, 0) is 9.53 Å². The molecule has 2 aromatic rings. The van der Waals surface area contributed by atoms with Crippen molar-refractivity contribution < 1.29 is 18.9 Å². The van der Waals surface area contributed by atoms with Crippen LogP contribution in [0.15, 0.2) is 46.4 Å². The van der Waals surface area contributed by atoms with Crippen molar-refractivity contribution in [1.82, 2.24) is 0 Å². The van der Waals surface area contributed by atoms with Crippen LogP contribution in [0.3, 0.4) is 0 Å². The first-order valence-corrected chi connectivity index (χ1v) is 7.54. The number of hydrogen-bond acceptors (Lipinski definition) is 6. The number of nitrogens with zero attached hydrogens (tertiary/aromatic N) is 2. The van der Waals surface area contributed by atoms with Crippen LogP contribution in [0.5, 0.6) is 0 Å². The third-order valence-electron chi connectivity index (χ3n) is 3.16. The number of hydrogen-bond donors (Lipinski definition) is 0. The number of ether oxygens (including phenoxy) is 1. The summed E-state index contributed by atoms with van der Waals surface area (Å²) >= 11 is 0. The van der Waals surface area contributed by atoms with Crippen LogP contribution in [0.2, 0.25) is 0 Å². The summed E-state index contributed by atoms with van der Waals surface area (Å²) < 4.78 is 10.6. The number of nitriles is 1. The molecule has 0 fully saturated rings. The molecule has 0 aliphatic carbocycles. The van der Waals surface area contributed by atoms with E-state index in [4.69, 9.17) is 14.4 Å². The average Bonchev–Trinajstić information content (AvgIpc) is 3.06. The Bertz CT molecular complexity index is 841. The Kier molecular flexibility index (Phi) is 5.69. The van der Waals surface area contributed by atoms with E-state index < -0.39 is 10.9 Å². The summed E-state index contributed by atoms with van der Waals surface area (Å²) in [5, 5.41) is 19.8. The molecule has 1 aromatic carbocycles. The normalized spacial score (nSPS) is 11.2. The molecule has 0 aliphatic heterocycles. The summed E-state index contributed by atoms with van der Waals surface area (Å²) in [6, 6.07) is 10.9. The van der Waals surface area contributed by atoms with Gasteiger partial charge in [-0.3, -0.25) is 10.1 Å². The minimum Gasteiger partial charge on any atom is -0.461 e. The molecule has 7 heteroatoms. The van der Waals surface area contributed by atoms with Crippen LogP contribution in [0, 0.1) is 27.4 Å². The number of non-ortho nitro benzene ring substituents is 1. The van der Waals surface area contributed by atoms with E-state index in [1.807, 2.05) is 13.8 Å². The fraction of sp³-hybridized carbons (Fsp3) is 0.222. The summed E-state index contributed by atoms with van der Waals surface area (Å²) in [5.41, 5.74) is 0.464. The fourth-order valence-electron chi connectivity index (χ4n) is 1.93. The highest BCUT2D eigenvalue weighted by Gasteiger charge is 2.13. The second-order valence-electron chi connectivity index (χ2n) is 5.67. The molecule has 1 heterocycles. The molecule has 128 valence electrons. The first-order valence-electron chi connectivity index (χ1n) is 7.54. The van der Waals surface area contributed by atoms with Gasteiger partial charge in [-0.15, -0.1) is 0 Å². The van der Waals surface area contributed by atoms with E-state index in [2.05, 4.69) is 0 Å². The molecule has 1 aromatic heterocycles. The molecule has 0 radical (unpaired) electrons. The average molecular weight is 340 g/mol. The van der Waals surface area contributed by atoms with E-state index in [-0.39, 0.29) is 23.8 Å². The zero-order valence-corrected chi connectivity index (χ0v) is 13.8. The van der Waals surface area contributed by atoms with Gasteiger partial charge in [0, 0.05) is 23.8 Å². The van der Waals surface area contributed by atoms with Gasteiger partial charge in [0.25, 0.3) is 5.69 Å². The summed E-state index contributed by atoms with van der Waals surface area (Å²) in [6.45, 7) is 4.02. The van der Waals surface area contributed by atoms with E-state index in [9.17, 15) is 14.9 Å². The summed E-state index contributed by atoms with van der Waals surface area (Å²) in [5.74, 6) is 0.242. The number of carbonyl (C=O) groups excluding carboxylic acids is 1. The molecule has 0 N–H and O–H groups in total. The monoisotopic (exact) mass is 340 g/mol. The predicted molar refractivity (Wildman–Crippen MR) is 90.2 cm³/mol. The highest BCUT2D eigenvalue weighted by atomic mass is 16.6. The number of carbonyl (C=O) groups is 1. The molecular formula is C18H16N2O5. The third kappa shape index (κ3) is 4.78. The van der Waals surface area contributed by atoms with Gasteiger partial charge in [-0.1, -0.05) is 13.8 Å². The number of nitro groups is 1. The van der Waals surface area contributed by atoms with Gasteiger partial charge in [0.1, 0.15) is 23.2 Å². The van der Waals surface area contributed by atoms with Crippen LogP contribution < -0.4 is 0 Å². The Hall–Kier alpha value is -3.40. The van der Waals surface area contributed by atoms with Crippen molar-refractivity contribution in [1.29, 1.82) is 5.26 Å². The molecule has 0 saturated carbocycles. The smallest absolute Gasteiger partial charge is 0.349 e. The standard InChI is InChI=1S/C18H16N2O5/c1-12(2)11-24-18(21)14(10-19)9-16-7-8-17(25-16)13-3-5-15(6-4-13)20(22)23/h3-9,12H,11H2,1-2H3/b14-9-. The molecule has 2 rings (SSSR count). The lowest BCUT2D eigenvalue weighted by Gasteiger charge is -2.05. The van der Waals surface area contributed by atoms with E-state index in [1.165, 1.54) is 18.2 Å². The predicted octanol–water partition coefficient (Wildman–Crippen LogP) is 3.96. The van der Waals surface area contributed by atoms with Gasteiger partial charge in [-0.05, 0) is 30.2 Å². The lowest BCUT2D eigenvalue weighted by molar-refractivity contribution is -0.384. The van der Waals surface area contributed by atoms with E-state index >= 15 is 0 Å². The molecule has 0 spiro atoms. The van der Waals surface area contributed by atoms with Crippen molar-refractivity contribution in [2.75, 3.05) is 6.61 Å². The van der Waals surface area contributed by atoms with Crippen molar-refractivity contribution in [2.45, 2.75) is 13.8 Å². The molecule has 0 atom stereocenters. The summed E-state index contributed by atoms with van der Waals surface area (Å²) in [7, 11) is 0. The van der Waals surface area contributed by atoms with Crippen molar-refractivity contribution in [3.05, 3.63) is 57.8 Å². The maximum atomic E-state index is 11.8. The molecule has 0 saturated heterocycles. The number of rotatable bonds is 6. The lowest BCUT2D eigenvalue weighted by atomic mass is 10.1. The molecule has 0 amide bonds. The zero-order valence-electron chi connectivity index (χ0n) is 13.8. The van der Waals surface area contributed by atoms with Gasteiger partial charge in [-0.25, -0.2) is 4.79 Å². The maximum absolute atomic E-state index is 11.8. The van der Waals surface area contributed by atoms with Gasteiger partial charge < -0.3 is 9.15 Å². The van der Waals surface area contributed by atoms with Crippen LogP contribution in [0.25, 0.3) is 17.4 Å². The summed E-state index contributed by atoms with van der Waals surface area (Å²) in [6.07, 6.45) is 1.30. The van der Waals surface area contributed by atoms with Crippen molar-refractivity contribution in [2.24, 2.45) is 5.92 Å². The number of esters is 1. The van der Waals surface area contributed by atoms with E-state index in [1.54, 1.807) is 30.3 Å². The first-order chi connectivity index (χ1) is 11.9. The molecule has 7 nitrogen and oxygen atoms in total. The van der Waals surface area contributed by atoms with Gasteiger partial charge in [-0.2, -0.15) is 5.26 Å². The van der Waals surface area contributed by atoms with E-state index in [0.29, 0.717) is 17.1 Å². The maximum Gasteiger partial charge on any atom is 0.349 e. The summed E-state index contributed by atoms with van der Waals surface area (Å²) in [4.78, 5) is 22.0. The second-order valence-corrected chi connectivity index (χ2v) is 5.67. The van der Waals surface area contributed by atoms with Gasteiger partial charge in [0.2, 0.25) is 0 Å². The second kappa shape index (κ2) is 7.93. The topological polar surface area (TPSA) is 106 Å². The molecule has 0 aliphatic rings. The van der Waals surface area contributed by atoms with Gasteiger partial charge >= 0.3 is 5.97 Å². The number of furan rings is 1. The highest BCUT2D eigenvalue weighted by Crippen LogP contribution is 2.25. The van der Waals surface area contributed by atoms with Crippen molar-refractivity contribution in [3.8, 4) is 17.4 Å². The quantitative estimate of drug-likeness (QED) is 0.259. The number of benzene rings is 1. The lowest BCUT2D eigenvalue weighted by Crippen LogP contribution is -2.11. The minimum absolute atomic E-state index is 0.0184. The molecular weight excluding hydrogens is 324 g/mol. The van der Waals surface area contributed by atoms with Crippen molar-refractivity contribution >= 4 is 17.7 Å². The molecule has 0 bridgehead atoms. The Labute approximate surface area is 144 Å². The first kappa shape index (κ1) is 17.9. The van der Waals surface area contributed by atoms with Gasteiger partial charge in [0.15, 0.2) is 0 Å². The number of nitro benzene ring substituents is 1. The largest absolute Gasteiger partial charge is 0.461 e. The van der Waals surface area contributed by atoms with Crippen LogP contribution in [-0.4, -0.2) is 17.5 Å². The highest BCUT2D eigenvalue weighted by molar-refractivity contribution is 5.97. The van der Waals surface area contributed by atoms with Crippen LogP contribution in [0.4, 0.5) is 5.69 Å². The minimum atomic E-state index is -0.704. The fourth-order valence-corrected chi connectivity index (χ4v) is 1.93. The zero-order chi connectivity index (χ0) is 18.4. The van der Waals surface area contributed by atoms with Crippen molar-refractivity contribution in [3.63, 3.8) is 0 Å². The SMILES string of the molecule is CC(C)COC(=O)/C(C#N)=C\c1ccc(-c2ccc([N+](=O)[O-])cc2)o1. The third-order valence-corrected chi connectivity index (χ3v) is 3.16. The molecule has 25 heavy (non-hydrogen) atoms. The van der Waals surface area contributed by atoms with Crippen LogP contribution >= 0.6 is 0 Å². The Morgan fingerprint density at radius 3 is 2.56 bits per heavy atom. The van der Waals surface area contributed by atoms with Crippen LogP contribution in [0.1, 0.15) is 19.6 Å². The Balaban J connectivity index is 2.17. The Morgan fingerprint density at radius 2 is 2.00 bits per heavy atom. The Morgan fingerprint density at radius 1 is 1.32 bits per heavy atom. The van der Waals surface area contributed by atoms with E-state index in [0.717, 1.165) is 0 Å². The van der Waals surface area contributed by atoms with Gasteiger partial charge in [0.05, 0.1) is 11.5 Å².